The molecule has 144 valence electrons. The van der Waals surface area contributed by atoms with Gasteiger partial charge in [-0.05, 0) is 43.3 Å². The highest BCUT2D eigenvalue weighted by Crippen LogP contribution is 2.25. The number of hydrogen-bond donors (Lipinski definition) is 3. The molecule has 0 aliphatic rings. The van der Waals surface area contributed by atoms with Crippen molar-refractivity contribution in [2.24, 2.45) is 0 Å². The maximum Gasteiger partial charge on any atom is 0.242 e. The molecule has 0 aliphatic heterocycles. The fourth-order valence-corrected chi connectivity index (χ4v) is 4.13. The van der Waals surface area contributed by atoms with Crippen molar-refractivity contribution in [3.63, 3.8) is 0 Å². The lowest BCUT2D eigenvalue weighted by Crippen LogP contribution is -2.41. The van der Waals surface area contributed by atoms with Gasteiger partial charge in [0.05, 0.1) is 11.1 Å². The third-order valence-electron chi connectivity index (χ3n) is 3.36. The number of carbonyl (C=O) groups is 2. The minimum absolute atomic E-state index is 0.0116. The normalized spacial score (nSPS) is 12.3. The van der Waals surface area contributed by atoms with Crippen molar-refractivity contribution < 1.29 is 18.0 Å². The van der Waals surface area contributed by atoms with E-state index in [-0.39, 0.29) is 20.8 Å². The molecule has 10 heteroatoms. The summed E-state index contributed by atoms with van der Waals surface area (Å²) in [5.74, 6) is -0.838. The van der Waals surface area contributed by atoms with Crippen LogP contribution >= 0.6 is 23.2 Å². The molecule has 0 aromatic heterocycles. The third-order valence-corrected chi connectivity index (χ3v) is 5.62. The van der Waals surface area contributed by atoms with Crippen molar-refractivity contribution in [2.75, 3.05) is 10.6 Å². The number of rotatable bonds is 6. The van der Waals surface area contributed by atoms with Crippen molar-refractivity contribution in [1.82, 2.24) is 4.72 Å². The molecule has 2 aromatic carbocycles. The highest BCUT2D eigenvalue weighted by molar-refractivity contribution is 7.89. The van der Waals surface area contributed by atoms with E-state index in [2.05, 4.69) is 15.4 Å². The largest absolute Gasteiger partial charge is 0.326 e. The number of benzene rings is 2. The lowest BCUT2D eigenvalue weighted by molar-refractivity contribution is -0.117. The quantitative estimate of drug-likeness (QED) is 0.654. The summed E-state index contributed by atoms with van der Waals surface area (Å²) in [4.78, 5) is 23.2. The fourth-order valence-electron chi connectivity index (χ4n) is 2.16. The zero-order valence-electron chi connectivity index (χ0n) is 14.4. The van der Waals surface area contributed by atoms with Crippen LogP contribution in [-0.4, -0.2) is 26.3 Å². The minimum atomic E-state index is -4.06. The van der Waals surface area contributed by atoms with E-state index >= 15 is 0 Å². The first-order chi connectivity index (χ1) is 12.6. The first-order valence-electron chi connectivity index (χ1n) is 7.74. The molecule has 0 unspecified atom stereocenters. The molecule has 7 nitrogen and oxygen atoms in total. The predicted molar refractivity (Wildman–Crippen MR) is 106 cm³/mol. The lowest BCUT2D eigenvalue weighted by Gasteiger charge is -2.15. The third kappa shape index (κ3) is 5.93. The second-order valence-corrected chi connectivity index (χ2v) is 8.19. The molecule has 0 saturated heterocycles. The number of carbonyl (C=O) groups excluding carboxylic acids is 2. The van der Waals surface area contributed by atoms with Crippen molar-refractivity contribution >= 4 is 56.4 Å². The van der Waals surface area contributed by atoms with E-state index in [0.29, 0.717) is 11.4 Å². The van der Waals surface area contributed by atoms with Crippen LogP contribution in [0.4, 0.5) is 11.4 Å². The van der Waals surface area contributed by atoms with Gasteiger partial charge in [-0.3, -0.25) is 9.59 Å². The van der Waals surface area contributed by atoms with Crippen molar-refractivity contribution in [3.05, 3.63) is 52.5 Å². The molecule has 0 radical (unpaired) electrons. The topological polar surface area (TPSA) is 104 Å². The molecule has 1 atom stereocenters. The number of hydrogen-bond acceptors (Lipinski definition) is 4. The first-order valence-corrected chi connectivity index (χ1v) is 9.98. The summed E-state index contributed by atoms with van der Waals surface area (Å²) in [7, 11) is -4.06. The minimum Gasteiger partial charge on any atom is -0.326 e. The van der Waals surface area contributed by atoms with Crippen LogP contribution in [0.5, 0.6) is 0 Å². The van der Waals surface area contributed by atoms with E-state index in [1.54, 1.807) is 24.3 Å². The van der Waals surface area contributed by atoms with Crippen molar-refractivity contribution in [1.29, 1.82) is 0 Å². The fraction of sp³-hybridized carbons (Fsp3) is 0.176. The van der Waals surface area contributed by atoms with Gasteiger partial charge in [-0.15, -0.1) is 0 Å². The molecule has 0 spiro atoms. The van der Waals surface area contributed by atoms with Crippen LogP contribution in [0.25, 0.3) is 0 Å². The van der Waals surface area contributed by atoms with Crippen LogP contribution in [0.1, 0.15) is 13.8 Å². The Labute approximate surface area is 167 Å². The second-order valence-electron chi connectivity index (χ2n) is 5.67. The summed E-state index contributed by atoms with van der Waals surface area (Å²) >= 11 is 11.7. The highest BCUT2D eigenvalue weighted by atomic mass is 35.5. The van der Waals surface area contributed by atoms with Gasteiger partial charge in [0.25, 0.3) is 0 Å². The van der Waals surface area contributed by atoms with Gasteiger partial charge in [0, 0.05) is 23.3 Å². The molecule has 3 N–H and O–H groups in total. The van der Waals surface area contributed by atoms with Crippen molar-refractivity contribution in [3.8, 4) is 0 Å². The van der Waals surface area contributed by atoms with Gasteiger partial charge in [-0.1, -0.05) is 29.3 Å². The van der Waals surface area contributed by atoms with E-state index in [1.165, 1.54) is 32.0 Å². The summed E-state index contributed by atoms with van der Waals surface area (Å²) < 4.78 is 27.2. The Morgan fingerprint density at radius 2 is 1.63 bits per heavy atom. The van der Waals surface area contributed by atoms with Gasteiger partial charge in [0.1, 0.15) is 4.90 Å². The SMILES string of the molecule is CC(=O)Nc1cccc(NC(=O)[C@H](C)NS(=O)(=O)c2cc(Cl)ccc2Cl)c1. The Balaban J connectivity index is 2.11. The smallest absolute Gasteiger partial charge is 0.242 e. The zero-order chi connectivity index (χ0) is 20.2. The Bertz CT molecular complexity index is 980. The summed E-state index contributed by atoms with van der Waals surface area (Å²) in [6.07, 6.45) is 0. The Kier molecular flexibility index (Phi) is 6.83. The molecule has 0 aliphatic carbocycles. The Morgan fingerprint density at radius 3 is 2.26 bits per heavy atom. The van der Waals surface area contributed by atoms with E-state index < -0.39 is 22.0 Å². The van der Waals surface area contributed by atoms with Crippen LogP contribution < -0.4 is 15.4 Å². The molecule has 2 aromatic rings. The molecule has 0 heterocycles. The van der Waals surface area contributed by atoms with Gasteiger partial charge in [-0.25, -0.2) is 8.42 Å². The Hall–Kier alpha value is -2.13. The monoisotopic (exact) mass is 429 g/mol. The van der Waals surface area contributed by atoms with E-state index in [0.717, 1.165) is 0 Å². The van der Waals surface area contributed by atoms with Crippen LogP contribution in [-0.2, 0) is 19.6 Å². The molecular formula is C17H17Cl2N3O4S. The molecule has 2 rings (SSSR count). The van der Waals surface area contributed by atoms with Crippen molar-refractivity contribution in [2.45, 2.75) is 24.8 Å². The number of anilines is 2. The predicted octanol–water partition coefficient (Wildman–Crippen LogP) is 3.26. The molecule has 0 fully saturated rings. The van der Waals surface area contributed by atoms with E-state index in [4.69, 9.17) is 23.2 Å². The number of sulfonamides is 1. The van der Waals surface area contributed by atoms with Crippen LogP contribution in [0.15, 0.2) is 47.4 Å². The van der Waals surface area contributed by atoms with E-state index in [1.807, 2.05) is 0 Å². The van der Waals surface area contributed by atoms with Gasteiger partial charge in [-0.2, -0.15) is 4.72 Å². The average Bonchev–Trinajstić information content (AvgIpc) is 2.56. The summed E-state index contributed by atoms with van der Waals surface area (Å²) in [6, 6.07) is 9.39. The zero-order valence-corrected chi connectivity index (χ0v) is 16.7. The summed E-state index contributed by atoms with van der Waals surface area (Å²) in [5.41, 5.74) is 0.900. The first kappa shape index (κ1) is 21.2. The standard InChI is InChI=1S/C17H17Cl2N3O4S/c1-10(22-27(25,26)16-8-12(18)6-7-15(16)19)17(24)21-14-5-3-4-13(9-14)20-11(2)23/h3-10,22H,1-2H3,(H,20,23)(H,21,24)/t10-/m0/s1. The Morgan fingerprint density at radius 1 is 1.00 bits per heavy atom. The second kappa shape index (κ2) is 8.71. The van der Waals surface area contributed by atoms with Gasteiger partial charge in [0.2, 0.25) is 21.8 Å². The molecule has 27 heavy (non-hydrogen) atoms. The van der Waals surface area contributed by atoms with Gasteiger partial charge in [0.15, 0.2) is 0 Å². The van der Waals surface area contributed by atoms with Crippen LogP contribution in [0.2, 0.25) is 10.0 Å². The summed E-state index contributed by atoms with van der Waals surface area (Å²) in [5, 5.41) is 5.36. The summed E-state index contributed by atoms with van der Waals surface area (Å²) in [6.45, 7) is 2.76. The van der Waals surface area contributed by atoms with Gasteiger partial charge >= 0.3 is 0 Å². The maximum absolute atomic E-state index is 12.5. The van der Waals surface area contributed by atoms with Crippen LogP contribution in [0.3, 0.4) is 0 Å². The van der Waals surface area contributed by atoms with Crippen LogP contribution in [0, 0.1) is 0 Å². The maximum atomic E-state index is 12.5. The number of amides is 2. The average molecular weight is 430 g/mol. The van der Waals surface area contributed by atoms with E-state index in [9.17, 15) is 18.0 Å². The molecular weight excluding hydrogens is 413 g/mol. The molecule has 2 amide bonds. The molecule has 0 bridgehead atoms. The molecule has 0 saturated carbocycles. The number of halogens is 2. The highest BCUT2D eigenvalue weighted by Gasteiger charge is 2.24. The lowest BCUT2D eigenvalue weighted by atomic mass is 10.2. The number of nitrogens with one attached hydrogen (secondary N) is 3. The van der Waals surface area contributed by atoms with Gasteiger partial charge < -0.3 is 10.6 Å².